The monoisotopic (exact) mass is 545 g/mol. The topological polar surface area (TPSA) is 38.3 Å². The Morgan fingerprint density at radius 1 is 0.947 bits per heavy atom. The molecular weight excluding hydrogens is 507 g/mol. The summed E-state index contributed by atoms with van der Waals surface area (Å²) in [4.78, 5) is 15.0. The van der Waals surface area contributed by atoms with Gasteiger partial charge in [-0.1, -0.05) is 93.2 Å². The van der Waals surface area contributed by atoms with Gasteiger partial charge in [0.1, 0.15) is 11.2 Å². The SMILES string of the molecule is C=C(SCCCCC1(C(=O)NCCC)c2ccccc2-c2ccccc21)Sc1cc(OCC)ccc1CC. The first-order valence-electron chi connectivity index (χ1n) is 13.8. The molecule has 1 aliphatic carbocycles. The highest BCUT2D eigenvalue weighted by molar-refractivity contribution is 8.22. The standard InChI is InChI=1S/C33H39NO2S2/c1-5-21-34-32(35)33(29-16-10-8-14-27(29)28-15-9-11-17-30(28)33)20-12-13-22-37-24(4)38-31-23-26(36-7-3)19-18-25(31)6-2/h8-11,14-19,23H,4-7,12-13,20-22H2,1-3H3,(H,34,35). The molecule has 3 nitrogen and oxygen atoms in total. The Balaban J connectivity index is 1.42. The number of aryl methyl sites for hydroxylation is 1. The molecule has 3 aromatic rings. The molecule has 4 rings (SSSR count). The number of unbranched alkanes of at least 4 members (excludes halogenated alkanes) is 1. The second-order valence-corrected chi connectivity index (χ2v) is 12.2. The van der Waals surface area contributed by atoms with E-state index < -0.39 is 5.41 Å². The highest BCUT2D eigenvalue weighted by Gasteiger charge is 2.48. The molecule has 0 saturated carbocycles. The maximum Gasteiger partial charge on any atom is 0.235 e. The van der Waals surface area contributed by atoms with Gasteiger partial charge < -0.3 is 10.1 Å². The summed E-state index contributed by atoms with van der Waals surface area (Å²) in [6.07, 6.45) is 4.70. The molecule has 38 heavy (non-hydrogen) atoms. The van der Waals surface area contributed by atoms with Crippen LogP contribution >= 0.6 is 23.5 Å². The summed E-state index contributed by atoms with van der Waals surface area (Å²) in [6, 6.07) is 23.2. The summed E-state index contributed by atoms with van der Waals surface area (Å²) in [5.41, 5.74) is 5.35. The average Bonchev–Trinajstić information content (AvgIpc) is 3.23. The number of nitrogens with one attached hydrogen (secondary N) is 1. The molecule has 0 aromatic heterocycles. The quantitative estimate of drug-likeness (QED) is 0.163. The van der Waals surface area contributed by atoms with Crippen molar-refractivity contribution < 1.29 is 9.53 Å². The number of rotatable bonds is 14. The van der Waals surface area contributed by atoms with E-state index in [0.717, 1.165) is 59.0 Å². The van der Waals surface area contributed by atoms with Crippen molar-refractivity contribution in [3.63, 3.8) is 0 Å². The fraction of sp³-hybridized carbons (Fsp3) is 0.364. The number of hydrogen-bond acceptors (Lipinski definition) is 4. The van der Waals surface area contributed by atoms with Crippen LogP contribution in [0.2, 0.25) is 0 Å². The minimum atomic E-state index is -0.630. The van der Waals surface area contributed by atoms with Crippen LogP contribution in [-0.2, 0) is 16.6 Å². The Hall–Kier alpha value is -2.63. The number of carbonyl (C=O) groups is 1. The minimum absolute atomic E-state index is 0.130. The van der Waals surface area contributed by atoms with E-state index in [-0.39, 0.29) is 5.91 Å². The Labute approximate surface area is 236 Å². The zero-order valence-corrected chi connectivity index (χ0v) is 24.5. The number of carbonyl (C=O) groups excluding carboxylic acids is 1. The summed E-state index contributed by atoms with van der Waals surface area (Å²) in [5.74, 6) is 2.02. The molecule has 200 valence electrons. The summed E-state index contributed by atoms with van der Waals surface area (Å²) < 4.78 is 6.81. The maximum absolute atomic E-state index is 13.8. The van der Waals surface area contributed by atoms with E-state index in [2.05, 4.69) is 86.4 Å². The Morgan fingerprint density at radius 3 is 2.26 bits per heavy atom. The van der Waals surface area contributed by atoms with Crippen LogP contribution in [0.4, 0.5) is 0 Å². The van der Waals surface area contributed by atoms with Gasteiger partial charge in [0.2, 0.25) is 5.91 Å². The number of ether oxygens (including phenoxy) is 1. The van der Waals surface area contributed by atoms with Gasteiger partial charge in [-0.05, 0) is 78.3 Å². The molecule has 0 spiro atoms. The molecular formula is C33H39NO2S2. The Kier molecular flexibility index (Phi) is 10.0. The van der Waals surface area contributed by atoms with E-state index in [1.807, 2.05) is 24.8 Å². The molecule has 0 heterocycles. The van der Waals surface area contributed by atoms with Crippen molar-refractivity contribution in [1.82, 2.24) is 5.32 Å². The van der Waals surface area contributed by atoms with E-state index in [9.17, 15) is 4.79 Å². The van der Waals surface area contributed by atoms with E-state index in [1.165, 1.54) is 21.6 Å². The fourth-order valence-corrected chi connectivity index (χ4v) is 7.45. The average molecular weight is 546 g/mol. The lowest BCUT2D eigenvalue weighted by Gasteiger charge is -2.31. The molecule has 0 bridgehead atoms. The molecule has 1 N–H and O–H groups in total. The number of benzene rings is 3. The molecule has 1 aliphatic rings. The third kappa shape index (κ3) is 6.00. The van der Waals surface area contributed by atoms with Crippen molar-refractivity contribution in [2.24, 2.45) is 0 Å². The van der Waals surface area contributed by atoms with Crippen LogP contribution in [0.1, 0.15) is 63.1 Å². The molecule has 5 heteroatoms. The van der Waals surface area contributed by atoms with Crippen LogP contribution in [0.5, 0.6) is 5.75 Å². The number of hydrogen-bond donors (Lipinski definition) is 1. The summed E-state index contributed by atoms with van der Waals surface area (Å²) in [6.45, 7) is 12.0. The van der Waals surface area contributed by atoms with E-state index in [1.54, 1.807) is 11.8 Å². The van der Waals surface area contributed by atoms with Gasteiger partial charge in [0.05, 0.1) is 6.61 Å². The Bertz CT molecular complexity index is 1220. The van der Waals surface area contributed by atoms with Gasteiger partial charge in [-0.2, -0.15) is 0 Å². The van der Waals surface area contributed by atoms with Gasteiger partial charge >= 0.3 is 0 Å². The van der Waals surface area contributed by atoms with Gasteiger partial charge in [-0.15, -0.1) is 11.8 Å². The smallest absolute Gasteiger partial charge is 0.235 e. The molecule has 1 amide bonds. The number of amides is 1. The summed E-state index contributed by atoms with van der Waals surface area (Å²) >= 11 is 3.55. The third-order valence-electron chi connectivity index (χ3n) is 7.15. The maximum atomic E-state index is 13.8. The first-order valence-corrected chi connectivity index (χ1v) is 15.6. The molecule has 0 aliphatic heterocycles. The number of fused-ring (bicyclic) bond motifs is 3. The highest BCUT2D eigenvalue weighted by Crippen LogP contribution is 2.51. The van der Waals surface area contributed by atoms with E-state index in [0.29, 0.717) is 13.2 Å². The van der Waals surface area contributed by atoms with Gasteiger partial charge in [-0.25, -0.2) is 0 Å². The lowest BCUT2D eigenvalue weighted by Crippen LogP contribution is -2.44. The number of thioether (sulfide) groups is 2. The lowest BCUT2D eigenvalue weighted by molar-refractivity contribution is -0.125. The molecule has 0 radical (unpaired) electrons. The predicted molar refractivity (Wildman–Crippen MR) is 164 cm³/mol. The Morgan fingerprint density at radius 2 is 1.63 bits per heavy atom. The molecule has 0 unspecified atom stereocenters. The van der Waals surface area contributed by atoms with Crippen LogP contribution in [0.3, 0.4) is 0 Å². The molecule has 0 saturated heterocycles. The second-order valence-electron chi connectivity index (χ2n) is 9.59. The van der Waals surface area contributed by atoms with Crippen LogP contribution in [0, 0.1) is 0 Å². The van der Waals surface area contributed by atoms with Gasteiger partial charge in [0, 0.05) is 15.7 Å². The third-order valence-corrected chi connectivity index (χ3v) is 9.40. The second kappa shape index (κ2) is 13.4. The van der Waals surface area contributed by atoms with Gasteiger partial charge in [0.15, 0.2) is 0 Å². The summed E-state index contributed by atoms with van der Waals surface area (Å²) in [7, 11) is 0. The van der Waals surface area contributed by atoms with Crippen LogP contribution in [0.15, 0.2) is 82.4 Å². The van der Waals surface area contributed by atoms with E-state index in [4.69, 9.17) is 4.74 Å². The van der Waals surface area contributed by atoms with Gasteiger partial charge in [-0.3, -0.25) is 4.79 Å². The van der Waals surface area contributed by atoms with Crippen molar-refractivity contribution in [2.45, 2.75) is 63.2 Å². The lowest BCUT2D eigenvalue weighted by atomic mass is 9.73. The van der Waals surface area contributed by atoms with Crippen LogP contribution in [0.25, 0.3) is 11.1 Å². The normalized spacial score (nSPS) is 13.0. The molecule has 0 fully saturated rings. The van der Waals surface area contributed by atoms with Crippen LogP contribution < -0.4 is 10.1 Å². The fourth-order valence-electron chi connectivity index (χ4n) is 5.35. The van der Waals surface area contributed by atoms with Crippen molar-refractivity contribution in [3.05, 3.63) is 94.2 Å². The van der Waals surface area contributed by atoms with Crippen molar-refractivity contribution in [2.75, 3.05) is 18.9 Å². The van der Waals surface area contributed by atoms with Crippen molar-refractivity contribution in [3.8, 4) is 16.9 Å². The summed E-state index contributed by atoms with van der Waals surface area (Å²) in [5, 5.41) is 3.24. The zero-order valence-electron chi connectivity index (χ0n) is 22.8. The van der Waals surface area contributed by atoms with Crippen molar-refractivity contribution >= 4 is 29.4 Å². The van der Waals surface area contributed by atoms with E-state index >= 15 is 0 Å². The van der Waals surface area contributed by atoms with Gasteiger partial charge in [0.25, 0.3) is 0 Å². The highest BCUT2D eigenvalue weighted by atomic mass is 32.2. The largest absolute Gasteiger partial charge is 0.494 e. The first kappa shape index (κ1) is 28.4. The molecule has 3 aromatic carbocycles. The first-order chi connectivity index (χ1) is 18.5. The molecule has 0 atom stereocenters. The van der Waals surface area contributed by atoms with Crippen LogP contribution in [-0.4, -0.2) is 24.8 Å². The predicted octanol–water partition coefficient (Wildman–Crippen LogP) is 8.61. The minimum Gasteiger partial charge on any atom is -0.494 e. The van der Waals surface area contributed by atoms with Crippen molar-refractivity contribution in [1.29, 1.82) is 0 Å². The zero-order chi connectivity index (χ0) is 27.0.